The van der Waals surface area contributed by atoms with Gasteiger partial charge in [-0.2, -0.15) is 9.78 Å². The number of hydrogen-bond acceptors (Lipinski definition) is 7. The van der Waals surface area contributed by atoms with Crippen LogP contribution in [-0.2, 0) is 9.59 Å². The van der Waals surface area contributed by atoms with Crippen molar-refractivity contribution in [2.24, 2.45) is 5.92 Å². The summed E-state index contributed by atoms with van der Waals surface area (Å²) in [5.74, 6) is 0.875. The molecule has 0 aliphatic heterocycles. The van der Waals surface area contributed by atoms with Crippen LogP contribution in [0.4, 0.5) is 5.69 Å². The number of anilines is 1. The lowest BCUT2D eigenvalue weighted by atomic mass is 10.00. The number of nitrogens with zero attached hydrogens (tertiary/aromatic N) is 2. The SMILES string of the molecule is COc1cc(-c2nn(-c3cc(C)ccc3C)c(OC(C)=O)c2-c2ccc(NC(=O)C(C)C)cc2)cc(OC)c1OC. The van der Waals surface area contributed by atoms with Gasteiger partial charge in [0.05, 0.1) is 32.6 Å². The highest BCUT2D eigenvalue weighted by molar-refractivity contribution is 5.93. The molecule has 0 atom stereocenters. The molecule has 41 heavy (non-hydrogen) atoms. The van der Waals surface area contributed by atoms with E-state index in [9.17, 15) is 9.59 Å². The maximum absolute atomic E-state index is 12.4. The fourth-order valence-corrected chi connectivity index (χ4v) is 4.43. The first-order chi connectivity index (χ1) is 19.6. The van der Waals surface area contributed by atoms with E-state index < -0.39 is 5.97 Å². The molecule has 4 aromatic rings. The summed E-state index contributed by atoms with van der Waals surface area (Å²) in [5.41, 5.74) is 5.88. The Hall–Kier alpha value is -4.79. The molecule has 3 aromatic carbocycles. The van der Waals surface area contributed by atoms with Gasteiger partial charge in [-0.3, -0.25) is 9.59 Å². The van der Waals surface area contributed by atoms with E-state index in [2.05, 4.69) is 5.32 Å². The normalized spacial score (nSPS) is 10.9. The van der Waals surface area contributed by atoms with E-state index in [4.69, 9.17) is 24.0 Å². The number of amides is 1. The van der Waals surface area contributed by atoms with Crippen LogP contribution in [0.2, 0.25) is 0 Å². The van der Waals surface area contributed by atoms with Gasteiger partial charge in [0, 0.05) is 24.1 Å². The van der Waals surface area contributed by atoms with Gasteiger partial charge < -0.3 is 24.3 Å². The Kier molecular flexibility index (Phi) is 8.66. The molecule has 1 heterocycles. The molecule has 0 spiro atoms. The van der Waals surface area contributed by atoms with E-state index in [1.165, 1.54) is 6.92 Å². The van der Waals surface area contributed by atoms with Crippen molar-refractivity contribution in [3.8, 4) is 51.2 Å². The largest absolute Gasteiger partial charge is 0.493 e. The number of hydrogen-bond donors (Lipinski definition) is 1. The van der Waals surface area contributed by atoms with Crippen molar-refractivity contribution in [2.45, 2.75) is 34.6 Å². The summed E-state index contributed by atoms with van der Waals surface area (Å²) in [6.45, 7) is 8.98. The molecule has 0 aliphatic rings. The zero-order valence-electron chi connectivity index (χ0n) is 24.6. The third-order valence-corrected chi connectivity index (χ3v) is 6.58. The van der Waals surface area contributed by atoms with Crippen molar-refractivity contribution in [1.29, 1.82) is 0 Å². The molecule has 0 radical (unpaired) electrons. The first kappa shape index (κ1) is 29.2. The predicted octanol–water partition coefficient (Wildman–Crippen LogP) is 6.37. The number of rotatable bonds is 9. The highest BCUT2D eigenvalue weighted by atomic mass is 16.5. The summed E-state index contributed by atoms with van der Waals surface area (Å²) in [6, 6.07) is 16.9. The molecule has 0 aliphatic carbocycles. The average Bonchev–Trinajstić information content (AvgIpc) is 3.31. The minimum atomic E-state index is -0.491. The zero-order valence-corrected chi connectivity index (χ0v) is 24.6. The molecule has 1 aromatic heterocycles. The van der Waals surface area contributed by atoms with Gasteiger partial charge in [0.1, 0.15) is 5.69 Å². The van der Waals surface area contributed by atoms with Crippen LogP contribution >= 0.6 is 0 Å². The molecule has 9 nitrogen and oxygen atoms in total. The number of aromatic nitrogens is 2. The molecular weight excluding hydrogens is 522 g/mol. The van der Waals surface area contributed by atoms with Gasteiger partial charge in [-0.15, -0.1) is 0 Å². The Labute approximate surface area is 240 Å². The van der Waals surface area contributed by atoms with Crippen molar-refractivity contribution >= 4 is 17.6 Å². The van der Waals surface area contributed by atoms with Gasteiger partial charge in [-0.05, 0) is 60.9 Å². The van der Waals surface area contributed by atoms with Crippen molar-refractivity contribution in [2.75, 3.05) is 26.6 Å². The summed E-state index contributed by atoms with van der Waals surface area (Å²) in [6.07, 6.45) is 0. The minimum Gasteiger partial charge on any atom is -0.493 e. The van der Waals surface area contributed by atoms with Crippen LogP contribution in [0.5, 0.6) is 23.1 Å². The third kappa shape index (κ3) is 6.04. The standard InChI is InChI=1S/C32H35N3O6/c1-18(2)31(37)33-24-13-11-22(12-14-24)28-29(23-16-26(38-6)30(40-8)27(17-23)39-7)34-35(32(28)41-21(5)36)25-15-19(3)9-10-20(25)4/h9-18H,1-8H3,(H,33,37). The second-order valence-electron chi connectivity index (χ2n) is 9.96. The highest BCUT2D eigenvalue weighted by Crippen LogP contribution is 2.46. The van der Waals surface area contributed by atoms with E-state index in [1.54, 1.807) is 50.3 Å². The first-order valence-electron chi connectivity index (χ1n) is 13.2. The Morgan fingerprint density at radius 1 is 0.854 bits per heavy atom. The van der Waals surface area contributed by atoms with Gasteiger partial charge in [0.2, 0.25) is 17.5 Å². The van der Waals surface area contributed by atoms with Gasteiger partial charge in [0.25, 0.3) is 0 Å². The van der Waals surface area contributed by atoms with Gasteiger partial charge in [0.15, 0.2) is 11.5 Å². The third-order valence-electron chi connectivity index (χ3n) is 6.58. The summed E-state index contributed by atoms with van der Waals surface area (Å²) >= 11 is 0. The molecule has 1 N–H and O–H groups in total. The van der Waals surface area contributed by atoms with Crippen molar-refractivity contribution < 1.29 is 28.5 Å². The number of carbonyl (C=O) groups is 2. The van der Waals surface area contributed by atoms with E-state index >= 15 is 0 Å². The quantitative estimate of drug-likeness (QED) is 0.239. The summed E-state index contributed by atoms with van der Waals surface area (Å²) in [7, 11) is 4.63. The number of aryl methyl sites for hydroxylation is 2. The number of methoxy groups -OCH3 is 3. The summed E-state index contributed by atoms with van der Waals surface area (Å²) < 4.78 is 24.3. The number of carbonyl (C=O) groups excluding carboxylic acids is 2. The number of nitrogens with one attached hydrogen (secondary N) is 1. The van der Waals surface area contributed by atoms with Gasteiger partial charge in [-0.1, -0.05) is 38.1 Å². The Bertz CT molecular complexity index is 1560. The van der Waals surface area contributed by atoms with Crippen LogP contribution in [0.3, 0.4) is 0 Å². The maximum atomic E-state index is 12.4. The Morgan fingerprint density at radius 2 is 1.49 bits per heavy atom. The summed E-state index contributed by atoms with van der Waals surface area (Å²) in [5, 5.41) is 7.91. The lowest BCUT2D eigenvalue weighted by Gasteiger charge is -2.14. The number of ether oxygens (including phenoxy) is 4. The zero-order chi connectivity index (χ0) is 29.8. The van der Waals surface area contributed by atoms with Crippen LogP contribution in [0.25, 0.3) is 28.1 Å². The Morgan fingerprint density at radius 3 is 2.02 bits per heavy atom. The first-order valence-corrected chi connectivity index (χ1v) is 13.2. The molecule has 214 valence electrons. The topological polar surface area (TPSA) is 101 Å². The molecule has 4 rings (SSSR count). The second-order valence-corrected chi connectivity index (χ2v) is 9.96. The smallest absolute Gasteiger partial charge is 0.309 e. The number of benzene rings is 3. The molecule has 1 amide bonds. The molecule has 9 heteroatoms. The lowest BCUT2D eigenvalue weighted by molar-refractivity contribution is -0.132. The fraction of sp³-hybridized carbons (Fsp3) is 0.281. The van der Waals surface area contributed by atoms with E-state index in [1.807, 2.05) is 58.0 Å². The maximum Gasteiger partial charge on any atom is 0.309 e. The molecule has 0 fully saturated rings. The minimum absolute atomic E-state index is 0.0841. The van der Waals surface area contributed by atoms with Gasteiger partial charge >= 0.3 is 5.97 Å². The predicted molar refractivity (Wildman–Crippen MR) is 158 cm³/mol. The van der Waals surface area contributed by atoms with Crippen LogP contribution in [0.1, 0.15) is 31.9 Å². The monoisotopic (exact) mass is 557 g/mol. The van der Waals surface area contributed by atoms with E-state index in [0.29, 0.717) is 39.8 Å². The van der Waals surface area contributed by atoms with Crippen LogP contribution in [-0.4, -0.2) is 43.0 Å². The molecule has 0 bridgehead atoms. The average molecular weight is 558 g/mol. The molecule has 0 unspecified atom stereocenters. The van der Waals surface area contributed by atoms with E-state index in [-0.39, 0.29) is 17.7 Å². The fourth-order valence-electron chi connectivity index (χ4n) is 4.43. The van der Waals surface area contributed by atoms with Crippen LogP contribution in [0, 0.1) is 19.8 Å². The van der Waals surface area contributed by atoms with Crippen LogP contribution < -0.4 is 24.3 Å². The highest BCUT2D eigenvalue weighted by Gasteiger charge is 2.27. The van der Waals surface area contributed by atoms with Crippen molar-refractivity contribution in [3.05, 3.63) is 65.7 Å². The lowest BCUT2D eigenvalue weighted by Crippen LogP contribution is -2.17. The number of esters is 1. The Balaban J connectivity index is 2.03. The van der Waals surface area contributed by atoms with Gasteiger partial charge in [-0.25, -0.2) is 0 Å². The molecule has 0 saturated carbocycles. The molecule has 0 saturated heterocycles. The van der Waals surface area contributed by atoms with Crippen molar-refractivity contribution in [1.82, 2.24) is 9.78 Å². The second kappa shape index (κ2) is 12.2. The molecular formula is C32H35N3O6. The van der Waals surface area contributed by atoms with Crippen LogP contribution in [0.15, 0.2) is 54.6 Å². The summed E-state index contributed by atoms with van der Waals surface area (Å²) in [4.78, 5) is 24.7. The van der Waals surface area contributed by atoms with E-state index in [0.717, 1.165) is 22.4 Å². The van der Waals surface area contributed by atoms with Crippen molar-refractivity contribution in [3.63, 3.8) is 0 Å².